The van der Waals surface area contributed by atoms with Crippen LogP contribution in [0.5, 0.6) is 11.6 Å². The smallest absolute Gasteiger partial charge is 0.264 e. The Hall–Kier alpha value is -5.08. The van der Waals surface area contributed by atoms with E-state index in [4.69, 9.17) is 29.2 Å². The number of aromatic nitrogens is 5. The van der Waals surface area contributed by atoms with E-state index >= 15 is 4.79 Å². The first-order chi connectivity index (χ1) is 26.1. The van der Waals surface area contributed by atoms with Gasteiger partial charge in [-0.3, -0.25) is 9.78 Å². The van der Waals surface area contributed by atoms with Crippen LogP contribution in [0.3, 0.4) is 0 Å². The van der Waals surface area contributed by atoms with Gasteiger partial charge in [-0.25, -0.2) is 23.1 Å². The number of benzene rings is 2. The van der Waals surface area contributed by atoms with Crippen LogP contribution in [-0.4, -0.2) is 75.7 Å². The second-order valence-electron chi connectivity index (χ2n) is 15.7. The predicted molar refractivity (Wildman–Crippen MR) is 210 cm³/mol. The van der Waals surface area contributed by atoms with Gasteiger partial charge in [-0.2, -0.15) is 4.98 Å². The zero-order valence-corrected chi connectivity index (χ0v) is 33.7. The fourth-order valence-corrected chi connectivity index (χ4v) is 8.90. The molecule has 7 rings (SSSR count). The Bertz CT molecular complexity index is 2370. The number of carbonyl (C=O) groups is 1. The van der Waals surface area contributed by atoms with Gasteiger partial charge in [-0.15, -0.1) is 0 Å². The highest BCUT2D eigenvalue weighted by Crippen LogP contribution is 2.42. The number of methoxy groups -OCH3 is 1. The fourth-order valence-electron chi connectivity index (χ4n) is 7.91. The molecule has 0 saturated carbocycles. The van der Waals surface area contributed by atoms with Crippen LogP contribution >= 0.6 is 0 Å². The lowest BCUT2D eigenvalue weighted by atomic mass is 9.92. The molecule has 290 valence electrons. The minimum Gasteiger partial charge on any atom is -0.490 e. The average Bonchev–Trinajstić information content (AvgIpc) is 3.36. The van der Waals surface area contributed by atoms with Crippen molar-refractivity contribution in [1.82, 2.24) is 29.4 Å². The number of sulfonamides is 1. The topological polar surface area (TPSA) is 151 Å². The van der Waals surface area contributed by atoms with E-state index in [1.54, 1.807) is 23.2 Å². The molecule has 0 aliphatic carbocycles. The largest absolute Gasteiger partial charge is 0.490 e. The third kappa shape index (κ3) is 7.25. The van der Waals surface area contributed by atoms with Crippen molar-refractivity contribution >= 4 is 33.0 Å². The summed E-state index contributed by atoms with van der Waals surface area (Å²) < 4.78 is 51.8. The van der Waals surface area contributed by atoms with Crippen molar-refractivity contribution in [3.63, 3.8) is 0 Å². The predicted octanol–water partition coefficient (Wildman–Crippen LogP) is 7.07. The lowest BCUT2D eigenvalue weighted by Crippen LogP contribution is -2.52. The summed E-state index contributed by atoms with van der Waals surface area (Å²) in [5, 5.41) is 0. The van der Waals surface area contributed by atoms with Gasteiger partial charge < -0.3 is 23.7 Å². The van der Waals surface area contributed by atoms with Crippen molar-refractivity contribution in [2.75, 3.05) is 18.4 Å². The van der Waals surface area contributed by atoms with Crippen molar-refractivity contribution < 1.29 is 27.4 Å². The Labute approximate surface area is 322 Å². The molecule has 2 aliphatic heterocycles. The normalized spacial score (nSPS) is 20.1. The molecular formula is C41H49N7O6S. The van der Waals surface area contributed by atoms with Crippen LogP contribution in [0.25, 0.3) is 22.4 Å². The second-order valence-corrected chi connectivity index (χ2v) is 17.4. The molecule has 5 heterocycles. The molecule has 0 unspecified atom stereocenters. The molecule has 1 amide bonds. The molecule has 0 spiro atoms. The number of nitrogens with zero attached hydrogens (tertiary/aromatic N) is 6. The van der Waals surface area contributed by atoms with Gasteiger partial charge in [0.25, 0.3) is 21.8 Å². The van der Waals surface area contributed by atoms with Crippen molar-refractivity contribution in [2.24, 2.45) is 7.05 Å². The van der Waals surface area contributed by atoms with E-state index < -0.39 is 28.2 Å². The maximum Gasteiger partial charge on any atom is 0.264 e. The summed E-state index contributed by atoms with van der Waals surface area (Å²) in [6.45, 7) is 14.2. The zero-order valence-electron chi connectivity index (χ0n) is 32.9. The summed E-state index contributed by atoms with van der Waals surface area (Å²) in [7, 11) is -0.799. The molecular weight excluding hydrogens is 719 g/mol. The highest BCUT2D eigenvalue weighted by molar-refractivity contribution is 7.92. The van der Waals surface area contributed by atoms with Crippen LogP contribution in [-0.2, 0) is 27.2 Å². The average molecular weight is 768 g/mol. The third-order valence-electron chi connectivity index (χ3n) is 10.4. The number of fused-ring (bicyclic) bond motifs is 6. The number of amides is 1. The first-order valence-corrected chi connectivity index (χ1v) is 20.1. The summed E-state index contributed by atoms with van der Waals surface area (Å²) in [6, 6.07) is 12.7. The molecule has 1 N–H and O–H groups in total. The fraction of sp³-hybridized carbons (Fsp3) is 0.439. The standard InChI is InChI=1S/C41H49N7O6S/c1-23(2)54-32-18-12-17-30(29-21-42-28-20-33(41(5,6)7)47(8)37(28)43-29)48-31(32)22-53-38-36(52-9)35(34-24(3)13-10-14-25(34)4)44-40(45-38)46-55(50,51)27-16-11-15-26(19-27)39(48)49/h10-11,13-16,19-21,23,30-32H,12,17-18,22H2,1-9H3,(H,44,45,46)/t30-,31-,32+/m0/s1. The Morgan fingerprint density at radius 1 is 1.00 bits per heavy atom. The summed E-state index contributed by atoms with van der Waals surface area (Å²) in [5.41, 5.74) is 6.16. The van der Waals surface area contributed by atoms with Crippen LogP contribution in [0.2, 0.25) is 0 Å². The number of hydrogen-bond donors (Lipinski definition) is 1. The first-order valence-electron chi connectivity index (χ1n) is 18.7. The summed E-state index contributed by atoms with van der Waals surface area (Å²) in [6.07, 6.45) is 3.06. The Morgan fingerprint density at radius 3 is 2.42 bits per heavy atom. The highest BCUT2D eigenvalue weighted by Gasteiger charge is 2.42. The molecule has 5 aromatic rings. The lowest BCUT2D eigenvalue weighted by molar-refractivity contribution is -0.0545. The van der Waals surface area contributed by atoms with E-state index in [1.165, 1.54) is 19.2 Å². The van der Waals surface area contributed by atoms with Crippen LogP contribution in [0.4, 0.5) is 5.95 Å². The number of nitrogens with one attached hydrogen (secondary N) is 1. The maximum absolute atomic E-state index is 15.1. The lowest BCUT2D eigenvalue weighted by Gasteiger charge is -2.39. The van der Waals surface area contributed by atoms with Crippen LogP contribution < -0.4 is 14.2 Å². The highest BCUT2D eigenvalue weighted by atomic mass is 32.2. The molecule has 3 aromatic heterocycles. The summed E-state index contributed by atoms with van der Waals surface area (Å²) >= 11 is 0. The Kier molecular flexibility index (Phi) is 10.1. The molecule has 55 heavy (non-hydrogen) atoms. The van der Waals surface area contributed by atoms with Gasteiger partial charge >= 0.3 is 0 Å². The third-order valence-corrected chi connectivity index (χ3v) is 11.7. The van der Waals surface area contributed by atoms with Crippen molar-refractivity contribution in [1.29, 1.82) is 0 Å². The summed E-state index contributed by atoms with van der Waals surface area (Å²) in [5.74, 6) is -0.333. The van der Waals surface area contributed by atoms with Crippen molar-refractivity contribution in [3.05, 3.63) is 82.8 Å². The minimum atomic E-state index is -4.28. The van der Waals surface area contributed by atoms with Crippen molar-refractivity contribution in [2.45, 2.75) is 102 Å². The molecule has 3 atom stereocenters. The summed E-state index contributed by atoms with van der Waals surface area (Å²) in [4.78, 5) is 36.1. The van der Waals surface area contributed by atoms with Gasteiger partial charge in [0.15, 0.2) is 5.65 Å². The molecule has 2 aromatic carbocycles. The van der Waals surface area contributed by atoms with Gasteiger partial charge in [-0.1, -0.05) is 45.0 Å². The number of hydrogen-bond acceptors (Lipinski definition) is 10. The van der Waals surface area contributed by atoms with E-state index in [1.807, 2.05) is 52.9 Å². The molecule has 1 saturated heterocycles. The van der Waals surface area contributed by atoms with E-state index in [-0.39, 0.29) is 52.1 Å². The first kappa shape index (κ1) is 38.2. The number of anilines is 1. The monoisotopic (exact) mass is 767 g/mol. The van der Waals surface area contributed by atoms with Gasteiger partial charge in [0.05, 0.1) is 48.2 Å². The van der Waals surface area contributed by atoms with Gasteiger partial charge in [0.1, 0.15) is 17.8 Å². The van der Waals surface area contributed by atoms with E-state index in [2.05, 4.69) is 41.1 Å². The van der Waals surface area contributed by atoms with E-state index in [0.29, 0.717) is 29.9 Å². The van der Waals surface area contributed by atoms with Crippen LogP contribution in [0.1, 0.15) is 92.8 Å². The van der Waals surface area contributed by atoms with Gasteiger partial charge in [0, 0.05) is 29.3 Å². The Morgan fingerprint density at radius 2 is 1.73 bits per heavy atom. The molecule has 0 radical (unpaired) electrons. The minimum absolute atomic E-state index is 0.0232. The molecule has 2 aliphatic rings. The zero-order chi connectivity index (χ0) is 39.4. The van der Waals surface area contributed by atoms with E-state index in [9.17, 15) is 8.42 Å². The van der Waals surface area contributed by atoms with Crippen LogP contribution in [0.15, 0.2) is 59.6 Å². The van der Waals surface area contributed by atoms with Crippen molar-refractivity contribution in [3.8, 4) is 22.9 Å². The van der Waals surface area contributed by atoms with E-state index in [0.717, 1.165) is 34.3 Å². The molecule has 14 heteroatoms. The second kappa shape index (κ2) is 14.5. The van der Waals surface area contributed by atoms with Gasteiger partial charge in [0.2, 0.25) is 11.7 Å². The molecule has 1 fully saturated rings. The van der Waals surface area contributed by atoms with Gasteiger partial charge in [-0.05, 0) is 82.3 Å². The number of carbonyl (C=O) groups excluding carboxylic acids is 1. The maximum atomic E-state index is 15.1. The Balaban J connectivity index is 1.45. The number of ether oxygens (including phenoxy) is 3. The number of rotatable bonds is 5. The quantitative estimate of drug-likeness (QED) is 0.197. The SMILES string of the molecule is COc1c2nc(nc1-c1c(C)cccc1C)NS(=O)(=O)c1cccc(c1)C(=O)N1[C@H](c3cnc4cc(C(C)(C)C)n(C)c4n3)CCC[C@@H](OC(C)C)[C@@H]1CO2. The molecule has 4 bridgehead atoms. The van der Waals surface area contributed by atoms with Crippen LogP contribution in [0, 0.1) is 13.8 Å². The molecule has 13 nitrogen and oxygen atoms in total. The number of aryl methyl sites for hydroxylation is 3.